The Morgan fingerprint density at radius 1 is 1.00 bits per heavy atom. The van der Waals surface area contributed by atoms with E-state index in [-0.39, 0.29) is 11.9 Å². The zero-order valence-electron chi connectivity index (χ0n) is 17.5. The lowest BCUT2D eigenvalue weighted by atomic mass is 9.54. The lowest BCUT2D eigenvalue weighted by Gasteiger charge is -2.55. The molecule has 5 fully saturated rings. The number of nitrogens with one attached hydrogen (secondary N) is 2. The van der Waals surface area contributed by atoms with Crippen molar-refractivity contribution in [1.82, 2.24) is 10.0 Å². The van der Waals surface area contributed by atoms with Gasteiger partial charge in [-0.05, 0) is 87.2 Å². The smallest absolute Gasteiger partial charge is 0.404 e. The molecule has 0 spiro atoms. The van der Waals surface area contributed by atoms with E-state index in [0.717, 1.165) is 49.7 Å². The van der Waals surface area contributed by atoms with E-state index < -0.39 is 32.6 Å². The molecule has 176 valence electrons. The van der Waals surface area contributed by atoms with E-state index in [1.165, 1.54) is 18.6 Å². The van der Waals surface area contributed by atoms with Gasteiger partial charge in [-0.2, -0.15) is 4.72 Å². The predicted octanol–water partition coefficient (Wildman–Crippen LogP) is 3.73. The van der Waals surface area contributed by atoms with Crippen LogP contribution in [0.25, 0.3) is 0 Å². The van der Waals surface area contributed by atoms with E-state index in [1.54, 1.807) is 0 Å². The molecule has 10 heteroatoms. The van der Waals surface area contributed by atoms with Gasteiger partial charge in [0, 0.05) is 6.04 Å². The van der Waals surface area contributed by atoms with Crippen molar-refractivity contribution in [3.05, 3.63) is 24.3 Å². The first-order valence-electron chi connectivity index (χ1n) is 11.2. The minimum absolute atomic E-state index is 0.0538. The van der Waals surface area contributed by atoms with Gasteiger partial charge in [0.2, 0.25) is 15.9 Å². The van der Waals surface area contributed by atoms with Crippen LogP contribution in [0.2, 0.25) is 0 Å². The van der Waals surface area contributed by atoms with E-state index in [4.69, 9.17) is 0 Å². The van der Waals surface area contributed by atoms with Crippen LogP contribution in [0.15, 0.2) is 29.2 Å². The summed E-state index contributed by atoms with van der Waals surface area (Å²) in [6, 6.07) is 4.63. The van der Waals surface area contributed by atoms with Gasteiger partial charge in [0.25, 0.3) is 0 Å². The zero-order chi connectivity index (χ0) is 22.7. The standard InChI is InChI=1S/C22H27F3N2O4S/c23-22(24,25)31-17-4-1-2-5-18(17)32(29,30)27-21(6-3-7-21)20(28)26-19-15-9-13-8-14(11-15)12-16(19)10-13/h1-2,4-5,13-16,19,27H,3,6-12H2,(H,26,28). The van der Waals surface area contributed by atoms with E-state index in [2.05, 4.69) is 14.8 Å². The van der Waals surface area contributed by atoms with Crippen LogP contribution in [0.1, 0.15) is 51.4 Å². The van der Waals surface area contributed by atoms with E-state index in [9.17, 15) is 26.4 Å². The number of para-hydroxylation sites is 1. The summed E-state index contributed by atoms with van der Waals surface area (Å²) < 4.78 is 70.7. The molecule has 0 aliphatic heterocycles. The number of alkyl halides is 3. The summed E-state index contributed by atoms with van der Waals surface area (Å²) in [6.45, 7) is 0. The minimum atomic E-state index is -5.03. The molecule has 4 bridgehead atoms. The van der Waals surface area contributed by atoms with Gasteiger partial charge in [-0.3, -0.25) is 4.79 Å². The first-order chi connectivity index (χ1) is 15.0. The van der Waals surface area contributed by atoms with E-state index >= 15 is 0 Å². The maximum Gasteiger partial charge on any atom is 0.573 e. The highest BCUT2D eigenvalue weighted by atomic mass is 32.2. The van der Waals surface area contributed by atoms with Gasteiger partial charge < -0.3 is 10.1 Å². The van der Waals surface area contributed by atoms with Crippen LogP contribution >= 0.6 is 0 Å². The van der Waals surface area contributed by atoms with E-state index in [0.29, 0.717) is 31.1 Å². The number of halogens is 3. The Balaban J connectivity index is 1.34. The average molecular weight is 473 g/mol. The van der Waals surface area contributed by atoms with Gasteiger partial charge in [-0.15, -0.1) is 13.2 Å². The number of sulfonamides is 1. The second kappa shape index (κ2) is 7.62. The summed E-state index contributed by atoms with van der Waals surface area (Å²) in [5.74, 6) is 1.18. The summed E-state index contributed by atoms with van der Waals surface area (Å²) in [7, 11) is -4.42. The molecule has 2 N–H and O–H groups in total. The van der Waals surface area contributed by atoms with Gasteiger partial charge in [0.15, 0.2) is 0 Å². The van der Waals surface area contributed by atoms with Crippen LogP contribution in [0.4, 0.5) is 13.2 Å². The molecule has 0 heterocycles. The lowest BCUT2D eigenvalue weighted by Crippen LogP contribution is -2.66. The number of rotatable bonds is 6. The molecule has 6 rings (SSSR count). The second-order valence-corrected chi connectivity index (χ2v) is 11.6. The normalized spacial score (nSPS) is 32.9. The number of carbonyl (C=O) groups is 1. The third-order valence-corrected chi connectivity index (χ3v) is 9.44. The van der Waals surface area contributed by atoms with E-state index in [1.807, 2.05) is 0 Å². The van der Waals surface area contributed by atoms with Crippen LogP contribution in [-0.4, -0.2) is 32.3 Å². The Morgan fingerprint density at radius 3 is 2.12 bits per heavy atom. The summed E-state index contributed by atoms with van der Waals surface area (Å²) in [5, 5.41) is 3.15. The van der Waals surface area contributed by atoms with Gasteiger partial charge in [-0.1, -0.05) is 12.1 Å². The highest BCUT2D eigenvalue weighted by Crippen LogP contribution is 2.54. The van der Waals surface area contributed by atoms with Gasteiger partial charge in [-0.25, -0.2) is 8.42 Å². The predicted molar refractivity (Wildman–Crippen MR) is 109 cm³/mol. The third kappa shape index (κ3) is 4.00. The van der Waals surface area contributed by atoms with Crippen molar-refractivity contribution in [3.63, 3.8) is 0 Å². The van der Waals surface area contributed by atoms with Gasteiger partial charge in [0.1, 0.15) is 16.2 Å². The first kappa shape index (κ1) is 22.0. The largest absolute Gasteiger partial charge is 0.573 e. The topological polar surface area (TPSA) is 84.5 Å². The second-order valence-electron chi connectivity index (χ2n) is 9.97. The van der Waals surface area contributed by atoms with Gasteiger partial charge >= 0.3 is 6.36 Å². The fraction of sp³-hybridized carbons (Fsp3) is 0.682. The Bertz CT molecular complexity index is 979. The number of hydrogen-bond donors (Lipinski definition) is 2. The highest BCUT2D eigenvalue weighted by molar-refractivity contribution is 7.89. The van der Waals surface area contributed by atoms with Crippen LogP contribution < -0.4 is 14.8 Å². The molecule has 1 amide bonds. The molecule has 5 aliphatic rings. The van der Waals surface area contributed by atoms with Crippen molar-refractivity contribution in [1.29, 1.82) is 0 Å². The Kier molecular flexibility index (Phi) is 5.24. The number of benzene rings is 1. The molecule has 32 heavy (non-hydrogen) atoms. The molecular weight excluding hydrogens is 445 g/mol. The minimum Gasteiger partial charge on any atom is -0.404 e. The van der Waals surface area contributed by atoms with Crippen LogP contribution in [0.5, 0.6) is 5.75 Å². The number of amides is 1. The molecule has 6 nitrogen and oxygen atoms in total. The maximum absolute atomic E-state index is 13.3. The first-order valence-corrected chi connectivity index (χ1v) is 12.7. The lowest BCUT2D eigenvalue weighted by molar-refractivity contribution is -0.275. The highest BCUT2D eigenvalue weighted by Gasteiger charge is 2.53. The SMILES string of the molecule is O=C(NC1C2CC3CC(C2)CC1C3)C1(NS(=O)(=O)c2ccccc2OC(F)(F)F)CCC1. The Labute approximate surface area is 185 Å². The molecule has 0 aromatic heterocycles. The average Bonchev–Trinajstić information content (AvgIpc) is 2.66. The van der Waals surface area contributed by atoms with Crippen molar-refractivity contribution >= 4 is 15.9 Å². The Hall–Kier alpha value is -1.81. The number of hydrogen-bond acceptors (Lipinski definition) is 4. The summed E-state index contributed by atoms with van der Waals surface area (Å²) in [5.41, 5.74) is -1.33. The summed E-state index contributed by atoms with van der Waals surface area (Å²) in [4.78, 5) is 12.7. The molecule has 0 unspecified atom stereocenters. The summed E-state index contributed by atoms with van der Waals surface area (Å²) in [6.07, 6.45) is 1.99. The number of ether oxygens (including phenoxy) is 1. The fourth-order valence-corrected chi connectivity index (χ4v) is 8.10. The molecule has 0 saturated heterocycles. The molecule has 5 aliphatic carbocycles. The van der Waals surface area contributed by atoms with Crippen molar-refractivity contribution in [2.75, 3.05) is 0 Å². The van der Waals surface area contributed by atoms with Crippen molar-refractivity contribution in [2.45, 2.75) is 74.2 Å². The zero-order valence-corrected chi connectivity index (χ0v) is 18.3. The quantitative estimate of drug-likeness (QED) is 0.661. The summed E-state index contributed by atoms with van der Waals surface area (Å²) >= 11 is 0. The molecule has 0 radical (unpaired) electrons. The fourth-order valence-electron chi connectivity index (χ4n) is 6.55. The Morgan fingerprint density at radius 2 is 1.59 bits per heavy atom. The van der Waals surface area contributed by atoms with Gasteiger partial charge in [0.05, 0.1) is 0 Å². The van der Waals surface area contributed by atoms with Crippen LogP contribution in [0, 0.1) is 23.7 Å². The van der Waals surface area contributed by atoms with Crippen LogP contribution in [-0.2, 0) is 14.8 Å². The van der Waals surface area contributed by atoms with Crippen molar-refractivity contribution in [2.24, 2.45) is 23.7 Å². The third-order valence-electron chi connectivity index (χ3n) is 7.86. The molecular formula is C22H27F3N2O4S. The molecule has 5 saturated carbocycles. The molecule has 0 atom stereocenters. The molecule has 1 aromatic carbocycles. The molecule has 1 aromatic rings. The number of carbonyl (C=O) groups excluding carboxylic acids is 1. The van der Waals surface area contributed by atoms with Crippen LogP contribution in [0.3, 0.4) is 0 Å². The maximum atomic E-state index is 13.3. The van der Waals surface area contributed by atoms with Crippen molar-refractivity contribution in [3.8, 4) is 5.75 Å². The van der Waals surface area contributed by atoms with Crippen molar-refractivity contribution < 1.29 is 31.1 Å². The monoisotopic (exact) mass is 472 g/mol.